The molecule has 34 heavy (non-hydrogen) atoms. The zero-order valence-electron chi connectivity index (χ0n) is 20.0. The molecule has 1 aromatic heterocycles. The summed E-state index contributed by atoms with van der Waals surface area (Å²) in [5.74, 6) is 0.275. The van der Waals surface area contributed by atoms with E-state index in [9.17, 15) is 14.9 Å². The van der Waals surface area contributed by atoms with Crippen LogP contribution in [-0.2, 0) is 27.4 Å². The van der Waals surface area contributed by atoms with Crippen LogP contribution in [0.15, 0.2) is 36.5 Å². The molecule has 0 saturated carbocycles. The lowest BCUT2D eigenvalue weighted by molar-refractivity contribution is -0.383. The average Bonchev–Trinajstić information content (AvgIpc) is 3.19. The summed E-state index contributed by atoms with van der Waals surface area (Å²) < 4.78 is 23.3. The number of carbonyl (C=O) groups excluding carboxylic acids is 1. The molecule has 3 aromatic rings. The van der Waals surface area contributed by atoms with E-state index in [0.29, 0.717) is 28.8 Å². The second kappa shape index (κ2) is 10.7. The Bertz CT molecular complexity index is 1190. The summed E-state index contributed by atoms with van der Waals surface area (Å²) in [4.78, 5) is 23.0. The molecule has 0 amide bonds. The van der Waals surface area contributed by atoms with Crippen LogP contribution in [0.3, 0.4) is 0 Å². The molecule has 0 aliphatic rings. The van der Waals surface area contributed by atoms with E-state index in [4.69, 9.17) is 14.2 Å². The van der Waals surface area contributed by atoms with E-state index in [-0.39, 0.29) is 30.3 Å². The van der Waals surface area contributed by atoms with Gasteiger partial charge in [0.15, 0.2) is 11.5 Å². The molecule has 2 aromatic carbocycles. The maximum absolute atomic E-state index is 11.9. The number of fused-ring (bicyclic) bond motifs is 1. The molecule has 10 nitrogen and oxygen atoms in total. The first-order valence-corrected chi connectivity index (χ1v) is 14.5. The number of hydrogen-bond acceptors (Lipinski definition) is 8. The maximum Gasteiger partial charge on any atom is 0.322 e. The van der Waals surface area contributed by atoms with Crippen molar-refractivity contribution in [2.24, 2.45) is 0 Å². The summed E-state index contributed by atoms with van der Waals surface area (Å²) >= 11 is 0. The van der Waals surface area contributed by atoms with Crippen LogP contribution in [0.5, 0.6) is 17.2 Å². The Kier molecular flexibility index (Phi) is 7.89. The van der Waals surface area contributed by atoms with Crippen LogP contribution in [0.2, 0.25) is 25.7 Å². The molecule has 182 valence electrons. The minimum absolute atomic E-state index is 0.0516. The fraction of sp³-hybridized carbons (Fsp3) is 0.391. The molecule has 0 spiro atoms. The van der Waals surface area contributed by atoms with E-state index in [2.05, 4.69) is 29.5 Å². The number of nitro groups is 1. The lowest BCUT2D eigenvalue weighted by Crippen LogP contribution is -2.22. The third-order valence-corrected chi connectivity index (χ3v) is 6.88. The molecule has 0 radical (unpaired) electrons. The molecule has 0 aliphatic heterocycles. The van der Waals surface area contributed by atoms with Crippen LogP contribution in [0.25, 0.3) is 10.9 Å². The van der Waals surface area contributed by atoms with E-state index < -0.39 is 19.0 Å². The van der Waals surface area contributed by atoms with Crippen molar-refractivity contribution in [3.05, 3.63) is 52.2 Å². The molecule has 0 fully saturated rings. The number of esters is 1. The third-order valence-electron chi connectivity index (χ3n) is 5.18. The zero-order chi connectivity index (χ0) is 24.9. The van der Waals surface area contributed by atoms with Gasteiger partial charge >= 0.3 is 11.7 Å². The topological polar surface area (TPSA) is 115 Å². The van der Waals surface area contributed by atoms with E-state index in [1.807, 2.05) is 0 Å². The number of hydrogen-bond donors (Lipinski definition) is 0. The van der Waals surface area contributed by atoms with Gasteiger partial charge in [0.05, 0.1) is 37.3 Å². The van der Waals surface area contributed by atoms with Gasteiger partial charge in [-0.2, -0.15) is 5.10 Å². The van der Waals surface area contributed by atoms with Gasteiger partial charge < -0.3 is 18.9 Å². The largest absolute Gasteiger partial charge is 0.493 e. The first-order valence-electron chi connectivity index (χ1n) is 10.7. The predicted molar refractivity (Wildman–Crippen MR) is 129 cm³/mol. The number of ether oxygens (including phenoxy) is 4. The van der Waals surface area contributed by atoms with Crippen molar-refractivity contribution in [1.29, 1.82) is 0 Å². The minimum atomic E-state index is -1.22. The normalized spacial score (nSPS) is 11.4. The number of rotatable bonds is 11. The van der Waals surface area contributed by atoms with Gasteiger partial charge in [-0.15, -0.1) is 0 Å². The second-order valence-corrected chi connectivity index (χ2v) is 14.6. The highest BCUT2D eigenvalue weighted by atomic mass is 28.3. The third kappa shape index (κ3) is 6.11. The number of nitro benzene ring substituents is 1. The smallest absolute Gasteiger partial charge is 0.322 e. The summed E-state index contributed by atoms with van der Waals surface area (Å²) in [6.45, 7) is 7.64. The summed E-state index contributed by atoms with van der Waals surface area (Å²) in [5, 5.41) is 16.6. The molecular formula is C23H29N3O7Si. The van der Waals surface area contributed by atoms with Gasteiger partial charge in [0, 0.05) is 14.7 Å². The fourth-order valence-electron chi connectivity index (χ4n) is 3.29. The van der Waals surface area contributed by atoms with Gasteiger partial charge in [0.25, 0.3) is 0 Å². The predicted octanol–water partition coefficient (Wildman–Crippen LogP) is 4.77. The number of carbonyl (C=O) groups is 1. The van der Waals surface area contributed by atoms with Crippen molar-refractivity contribution in [2.75, 3.05) is 20.8 Å². The van der Waals surface area contributed by atoms with E-state index in [1.54, 1.807) is 28.9 Å². The van der Waals surface area contributed by atoms with Gasteiger partial charge in [0.1, 0.15) is 12.1 Å². The van der Waals surface area contributed by atoms with Crippen molar-refractivity contribution in [3.63, 3.8) is 0 Å². The lowest BCUT2D eigenvalue weighted by Gasteiger charge is -2.15. The van der Waals surface area contributed by atoms with Crippen LogP contribution >= 0.6 is 0 Å². The van der Waals surface area contributed by atoms with Gasteiger partial charge in [-0.05, 0) is 35.9 Å². The molecular weight excluding hydrogens is 458 g/mol. The molecule has 1 heterocycles. The standard InChI is InChI=1S/C23H29N3O7Si/c1-30-21-12-16(13-22(27)31-2)6-8-19(21)33-20-9-7-18-17(23(20)26(28)29)14-24-25(18)15-32-10-11-34(3,4)5/h6-9,12,14H,10-11,13,15H2,1-5H3. The quantitative estimate of drug-likeness (QED) is 0.125. The number of methoxy groups -OCH3 is 2. The number of aromatic nitrogens is 2. The number of benzene rings is 2. The first-order chi connectivity index (χ1) is 16.1. The van der Waals surface area contributed by atoms with Crippen molar-refractivity contribution in [2.45, 2.75) is 38.8 Å². The van der Waals surface area contributed by atoms with Crippen LogP contribution in [0.1, 0.15) is 5.56 Å². The maximum atomic E-state index is 11.9. The van der Waals surface area contributed by atoms with E-state index >= 15 is 0 Å². The minimum Gasteiger partial charge on any atom is -0.493 e. The molecule has 0 aliphatic carbocycles. The number of nitrogens with zero attached hydrogens (tertiary/aromatic N) is 3. The molecule has 0 saturated heterocycles. The molecule has 11 heteroatoms. The van der Waals surface area contributed by atoms with Crippen LogP contribution in [-0.4, -0.2) is 49.6 Å². The zero-order valence-corrected chi connectivity index (χ0v) is 21.0. The highest BCUT2D eigenvalue weighted by molar-refractivity contribution is 6.76. The second-order valence-electron chi connectivity index (χ2n) is 8.93. The molecule has 0 unspecified atom stereocenters. The van der Waals surface area contributed by atoms with Gasteiger partial charge in [-0.3, -0.25) is 14.9 Å². The van der Waals surface area contributed by atoms with Crippen LogP contribution < -0.4 is 9.47 Å². The first kappa shape index (κ1) is 25.2. The van der Waals surface area contributed by atoms with E-state index in [1.165, 1.54) is 26.5 Å². The summed E-state index contributed by atoms with van der Waals surface area (Å²) in [6.07, 6.45) is 1.51. The van der Waals surface area contributed by atoms with Gasteiger partial charge in [0.2, 0.25) is 5.75 Å². The highest BCUT2D eigenvalue weighted by Gasteiger charge is 2.24. The molecule has 0 N–H and O–H groups in total. The van der Waals surface area contributed by atoms with Crippen molar-refractivity contribution in [1.82, 2.24) is 9.78 Å². The Balaban J connectivity index is 1.86. The lowest BCUT2D eigenvalue weighted by atomic mass is 10.1. The molecule has 0 atom stereocenters. The summed E-state index contributed by atoms with van der Waals surface area (Å²) in [6, 6.07) is 9.17. The average molecular weight is 488 g/mol. The van der Waals surface area contributed by atoms with Gasteiger partial charge in [-0.1, -0.05) is 25.7 Å². The van der Waals surface area contributed by atoms with Crippen molar-refractivity contribution < 1.29 is 28.7 Å². The highest BCUT2D eigenvalue weighted by Crippen LogP contribution is 2.40. The van der Waals surface area contributed by atoms with Crippen molar-refractivity contribution >= 4 is 30.6 Å². The Morgan fingerprint density at radius 1 is 1.12 bits per heavy atom. The molecule has 0 bridgehead atoms. The van der Waals surface area contributed by atoms with Crippen LogP contribution in [0.4, 0.5) is 5.69 Å². The molecule has 3 rings (SSSR count). The van der Waals surface area contributed by atoms with Crippen molar-refractivity contribution in [3.8, 4) is 17.2 Å². The Morgan fingerprint density at radius 3 is 2.50 bits per heavy atom. The van der Waals surface area contributed by atoms with Crippen LogP contribution in [0, 0.1) is 10.1 Å². The summed E-state index contributed by atoms with van der Waals surface area (Å²) in [7, 11) is 1.55. The summed E-state index contributed by atoms with van der Waals surface area (Å²) in [5.41, 5.74) is 1.04. The van der Waals surface area contributed by atoms with E-state index in [0.717, 1.165) is 6.04 Å². The monoisotopic (exact) mass is 487 g/mol. The Hall–Kier alpha value is -3.44. The SMILES string of the molecule is COC(=O)Cc1ccc(Oc2ccc3c(cnn3COCC[Si](C)(C)C)c2[N+](=O)[O-])c(OC)c1. The van der Waals surface area contributed by atoms with Gasteiger partial charge in [-0.25, -0.2) is 4.68 Å². The Labute approximate surface area is 198 Å². The Morgan fingerprint density at radius 2 is 1.85 bits per heavy atom. The fourth-order valence-corrected chi connectivity index (χ4v) is 4.04.